The number of hydrogen-bond donors (Lipinski definition) is 2. The van der Waals surface area contributed by atoms with Crippen LogP contribution in [0.3, 0.4) is 0 Å². The maximum absolute atomic E-state index is 12.4. The number of amides is 1. The highest BCUT2D eigenvalue weighted by Gasteiger charge is 2.60. The van der Waals surface area contributed by atoms with E-state index in [2.05, 4.69) is 36.3 Å². The largest absolute Gasteiger partial charge is 0.349 e. The molecule has 3 atom stereocenters. The maximum Gasteiger partial charge on any atom is 0.234 e. The van der Waals surface area contributed by atoms with Crippen molar-refractivity contribution >= 4 is 5.91 Å². The van der Waals surface area contributed by atoms with Gasteiger partial charge in [-0.25, -0.2) is 0 Å². The van der Waals surface area contributed by atoms with Crippen LogP contribution in [0.5, 0.6) is 0 Å². The van der Waals surface area contributed by atoms with E-state index < -0.39 is 0 Å². The van der Waals surface area contributed by atoms with Gasteiger partial charge < -0.3 is 15.5 Å². The molecule has 0 aromatic carbocycles. The lowest BCUT2D eigenvalue weighted by Crippen LogP contribution is -2.60. The molecule has 0 aromatic rings. The quantitative estimate of drug-likeness (QED) is 0.738. The fourth-order valence-corrected chi connectivity index (χ4v) is 5.15. The van der Waals surface area contributed by atoms with Gasteiger partial charge in [0.2, 0.25) is 5.91 Å². The fourth-order valence-electron chi connectivity index (χ4n) is 5.15. The Bertz CT molecular complexity index is 417. The zero-order valence-electron chi connectivity index (χ0n) is 14.6. The molecule has 0 spiro atoms. The summed E-state index contributed by atoms with van der Waals surface area (Å²) in [7, 11) is 0. The number of likely N-dealkylation sites (tertiary alicyclic amines) is 1. The number of hydrogen-bond acceptors (Lipinski definition) is 3. The van der Waals surface area contributed by atoms with Crippen LogP contribution in [-0.4, -0.2) is 49.1 Å². The Hall–Kier alpha value is -0.610. The Kier molecular flexibility index (Phi) is 4.52. The predicted molar refractivity (Wildman–Crippen MR) is 89.7 cm³/mol. The van der Waals surface area contributed by atoms with Crippen molar-refractivity contribution < 1.29 is 4.79 Å². The van der Waals surface area contributed by atoms with Gasteiger partial charge in [-0.2, -0.15) is 0 Å². The molecule has 2 saturated carbocycles. The van der Waals surface area contributed by atoms with E-state index in [0.717, 1.165) is 19.0 Å². The molecule has 126 valence electrons. The third-order valence-electron chi connectivity index (χ3n) is 7.10. The van der Waals surface area contributed by atoms with Crippen molar-refractivity contribution in [1.82, 2.24) is 15.5 Å². The molecule has 22 heavy (non-hydrogen) atoms. The molecule has 3 fully saturated rings. The van der Waals surface area contributed by atoms with Crippen LogP contribution >= 0.6 is 0 Å². The molecule has 4 heteroatoms. The molecule has 3 rings (SSSR count). The summed E-state index contributed by atoms with van der Waals surface area (Å²) < 4.78 is 0. The molecule has 0 aromatic heterocycles. The summed E-state index contributed by atoms with van der Waals surface area (Å²) in [4.78, 5) is 14.9. The Morgan fingerprint density at radius 3 is 2.45 bits per heavy atom. The molecule has 3 aliphatic rings. The zero-order valence-corrected chi connectivity index (χ0v) is 14.6. The van der Waals surface area contributed by atoms with Crippen LogP contribution < -0.4 is 10.6 Å². The summed E-state index contributed by atoms with van der Waals surface area (Å²) in [5.41, 5.74) is 0.199. The van der Waals surface area contributed by atoms with Crippen molar-refractivity contribution in [2.45, 2.75) is 58.4 Å². The first-order valence-electron chi connectivity index (χ1n) is 9.17. The highest BCUT2D eigenvalue weighted by atomic mass is 16.2. The second kappa shape index (κ2) is 6.12. The highest BCUT2D eigenvalue weighted by Crippen LogP contribution is 2.61. The van der Waals surface area contributed by atoms with Gasteiger partial charge in [0.15, 0.2) is 0 Å². The van der Waals surface area contributed by atoms with Gasteiger partial charge >= 0.3 is 0 Å². The average molecular weight is 307 g/mol. The monoisotopic (exact) mass is 307 g/mol. The standard InChI is InChI=1S/C18H33N3O/c1-17(2)14-6-7-15(12-14)18(17,3)20-16(22)13-19-8-11-21-9-4-5-10-21/h14-15,19H,4-13H2,1-3H3,(H,20,22). The molecule has 2 bridgehead atoms. The van der Waals surface area contributed by atoms with Crippen molar-refractivity contribution in [3.8, 4) is 0 Å². The van der Waals surface area contributed by atoms with E-state index in [0.29, 0.717) is 12.5 Å². The lowest BCUT2D eigenvalue weighted by molar-refractivity contribution is -0.124. The third kappa shape index (κ3) is 2.80. The number of fused-ring (bicyclic) bond motifs is 2. The molecule has 2 N–H and O–H groups in total. The Morgan fingerprint density at radius 2 is 1.82 bits per heavy atom. The van der Waals surface area contributed by atoms with Crippen LogP contribution in [0.1, 0.15) is 52.9 Å². The second-order valence-electron chi connectivity index (χ2n) is 8.40. The lowest BCUT2D eigenvalue weighted by Gasteiger charge is -2.48. The summed E-state index contributed by atoms with van der Waals surface area (Å²) in [5.74, 6) is 1.62. The SMILES string of the molecule is CC1(C)C2CCC(C2)C1(C)NC(=O)CNCCN1CCCC1. The predicted octanol–water partition coefficient (Wildman–Crippen LogP) is 2.00. The molecule has 1 amide bonds. The van der Waals surface area contributed by atoms with E-state index in [1.807, 2.05) is 0 Å². The molecule has 2 aliphatic carbocycles. The van der Waals surface area contributed by atoms with Crippen LogP contribution in [0.4, 0.5) is 0 Å². The average Bonchev–Trinajstić information content (AvgIpc) is 3.16. The molecular formula is C18H33N3O. The van der Waals surface area contributed by atoms with Crippen molar-refractivity contribution in [1.29, 1.82) is 0 Å². The molecule has 1 saturated heterocycles. The molecule has 0 radical (unpaired) electrons. The minimum absolute atomic E-state index is 0.0242. The van der Waals surface area contributed by atoms with E-state index in [4.69, 9.17) is 0 Å². The Labute approximate surface area is 135 Å². The number of carbonyl (C=O) groups excluding carboxylic acids is 1. The van der Waals surface area contributed by atoms with Gasteiger partial charge in [0, 0.05) is 18.6 Å². The number of rotatable bonds is 6. The minimum Gasteiger partial charge on any atom is -0.349 e. The van der Waals surface area contributed by atoms with Crippen LogP contribution in [0, 0.1) is 17.3 Å². The smallest absolute Gasteiger partial charge is 0.234 e. The summed E-state index contributed by atoms with van der Waals surface area (Å²) >= 11 is 0. The van der Waals surface area contributed by atoms with Crippen molar-refractivity contribution in [3.05, 3.63) is 0 Å². The first-order valence-corrected chi connectivity index (χ1v) is 9.17. The molecule has 3 unspecified atom stereocenters. The number of nitrogens with zero attached hydrogens (tertiary/aromatic N) is 1. The van der Waals surface area contributed by atoms with Gasteiger partial charge in [0.25, 0.3) is 0 Å². The Balaban J connectivity index is 1.43. The van der Waals surface area contributed by atoms with E-state index >= 15 is 0 Å². The first kappa shape index (κ1) is 16.3. The zero-order chi connectivity index (χ0) is 15.8. The lowest BCUT2D eigenvalue weighted by atomic mass is 9.64. The fraction of sp³-hybridized carbons (Fsp3) is 0.944. The topological polar surface area (TPSA) is 44.4 Å². The summed E-state index contributed by atoms with van der Waals surface area (Å²) in [6.07, 6.45) is 6.59. The van der Waals surface area contributed by atoms with Crippen LogP contribution in [-0.2, 0) is 4.79 Å². The van der Waals surface area contributed by atoms with Crippen LogP contribution in [0.15, 0.2) is 0 Å². The molecule has 1 heterocycles. The normalized spacial score (nSPS) is 36.9. The van der Waals surface area contributed by atoms with Gasteiger partial charge in [0.1, 0.15) is 0 Å². The summed E-state index contributed by atoms with van der Waals surface area (Å²) in [6.45, 7) is 11.9. The first-order chi connectivity index (χ1) is 10.4. The maximum atomic E-state index is 12.4. The Morgan fingerprint density at radius 1 is 1.14 bits per heavy atom. The third-order valence-corrected chi connectivity index (χ3v) is 7.10. The number of nitrogens with one attached hydrogen (secondary N) is 2. The summed E-state index contributed by atoms with van der Waals surface area (Å²) in [5, 5.41) is 6.71. The van der Waals surface area contributed by atoms with Gasteiger partial charge in [-0.15, -0.1) is 0 Å². The van der Waals surface area contributed by atoms with E-state index in [1.165, 1.54) is 45.2 Å². The van der Waals surface area contributed by atoms with Gasteiger partial charge in [0.05, 0.1) is 6.54 Å². The summed E-state index contributed by atoms with van der Waals surface area (Å²) in [6, 6.07) is 0. The van der Waals surface area contributed by atoms with Crippen molar-refractivity contribution in [2.75, 3.05) is 32.7 Å². The van der Waals surface area contributed by atoms with Gasteiger partial charge in [-0.1, -0.05) is 13.8 Å². The van der Waals surface area contributed by atoms with E-state index in [-0.39, 0.29) is 16.9 Å². The van der Waals surface area contributed by atoms with Gasteiger partial charge in [-0.3, -0.25) is 4.79 Å². The molecular weight excluding hydrogens is 274 g/mol. The minimum atomic E-state index is -0.0242. The molecule has 1 aliphatic heterocycles. The number of carbonyl (C=O) groups is 1. The van der Waals surface area contributed by atoms with Crippen LogP contribution in [0.25, 0.3) is 0 Å². The van der Waals surface area contributed by atoms with Crippen molar-refractivity contribution in [3.63, 3.8) is 0 Å². The van der Waals surface area contributed by atoms with Gasteiger partial charge in [-0.05, 0) is 69.4 Å². The van der Waals surface area contributed by atoms with Crippen molar-refractivity contribution in [2.24, 2.45) is 17.3 Å². The highest BCUT2D eigenvalue weighted by molar-refractivity contribution is 5.79. The second-order valence-corrected chi connectivity index (χ2v) is 8.40. The van der Waals surface area contributed by atoms with Crippen LogP contribution in [0.2, 0.25) is 0 Å². The van der Waals surface area contributed by atoms with E-state index in [9.17, 15) is 4.79 Å². The van der Waals surface area contributed by atoms with E-state index in [1.54, 1.807) is 0 Å². The molecule has 4 nitrogen and oxygen atoms in total.